The molecule has 4 rings (SSSR count). The van der Waals surface area contributed by atoms with Crippen molar-refractivity contribution < 1.29 is 14.0 Å². The van der Waals surface area contributed by atoms with Crippen LogP contribution in [0.2, 0.25) is 0 Å². The highest BCUT2D eigenvalue weighted by atomic mass is 19.1. The third kappa shape index (κ3) is 3.20. The lowest BCUT2D eigenvalue weighted by molar-refractivity contribution is -0.143. The van der Waals surface area contributed by atoms with Crippen molar-refractivity contribution in [2.75, 3.05) is 26.7 Å². The molecule has 2 aliphatic rings. The first-order valence-electron chi connectivity index (χ1n) is 9.25. The van der Waals surface area contributed by atoms with Crippen LogP contribution < -0.4 is 0 Å². The lowest BCUT2D eigenvalue weighted by Crippen LogP contribution is -2.48. The van der Waals surface area contributed by atoms with E-state index in [1.54, 1.807) is 34.1 Å². The van der Waals surface area contributed by atoms with Gasteiger partial charge in [-0.2, -0.15) is 0 Å². The van der Waals surface area contributed by atoms with Gasteiger partial charge in [0.15, 0.2) is 0 Å². The monoisotopic (exact) mass is 367 g/mol. The summed E-state index contributed by atoms with van der Waals surface area (Å²) in [5, 5.41) is 0. The molecule has 2 aromatic rings. The molecule has 140 valence electrons. The van der Waals surface area contributed by atoms with Gasteiger partial charge in [0, 0.05) is 38.4 Å². The van der Waals surface area contributed by atoms with Gasteiger partial charge in [-0.05, 0) is 43.5 Å². The summed E-state index contributed by atoms with van der Waals surface area (Å²) in [6.45, 7) is 1.85. The molecule has 0 aliphatic carbocycles. The van der Waals surface area contributed by atoms with Crippen LogP contribution in [0.15, 0.2) is 42.6 Å². The molecule has 2 saturated heterocycles. The Morgan fingerprint density at radius 2 is 2.04 bits per heavy atom. The van der Waals surface area contributed by atoms with Crippen molar-refractivity contribution in [2.24, 2.45) is 5.41 Å². The minimum atomic E-state index is -0.419. The summed E-state index contributed by atoms with van der Waals surface area (Å²) in [5.41, 5.74) is 1.36. The van der Waals surface area contributed by atoms with Crippen molar-refractivity contribution in [3.05, 3.63) is 54.0 Å². The molecule has 6 heteroatoms. The first-order valence-corrected chi connectivity index (χ1v) is 9.25. The van der Waals surface area contributed by atoms with Gasteiger partial charge in [0.1, 0.15) is 5.82 Å². The predicted octanol–water partition coefficient (Wildman–Crippen LogP) is 2.97. The molecule has 0 N–H and O–H groups in total. The molecule has 0 saturated carbocycles. The van der Waals surface area contributed by atoms with Crippen molar-refractivity contribution >= 4 is 11.8 Å². The standard InChI is InChI=1S/C21H22FN3O2/c1-24-10-3-8-21(20(24)27)9-11-25(14-21)19(26)16-6-7-18(23-13-16)15-4-2-5-17(22)12-15/h2,4-7,12-13H,3,8-11,14H2,1H3/t21-/m1/s1. The fourth-order valence-electron chi connectivity index (χ4n) is 4.21. The number of carbonyl (C=O) groups is 2. The fraction of sp³-hybridized carbons (Fsp3) is 0.381. The molecule has 1 atom stereocenters. The summed E-state index contributed by atoms with van der Waals surface area (Å²) >= 11 is 0. The molecule has 0 unspecified atom stereocenters. The number of halogens is 1. The topological polar surface area (TPSA) is 53.5 Å². The Kier molecular flexibility index (Phi) is 4.42. The van der Waals surface area contributed by atoms with E-state index >= 15 is 0 Å². The van der Waals surface area contributed by atoms with Crippen molar-refractivity contribution in [3.63, 3.8) is 0 Å². The smallest absolute Gasteiger partial charge is 0.255 e. The molecule has 2 amide bonds. The lowest BCUT2D eigenvalue weighted by atomic mass is 9.78. The molecule has 2 fully saturated rings. The van der Waals surface area contributed by atoms with Crippen LogP contribution in [-0.4, -0.2) is 53.3 Å². The minimum absolute atomic E-state index is 0.105. The summed E-state index contributed by atoms with van der Waals surface area (Å²) in [6.07, 6.45) is 4.07. The van der Waals surface area contributed by atoms with Gasteiger partial charge in [-0.25, -0.2) is 4.39 Å². The number of piperidine rings is 1. The van der Waals surface area contributed by atoms with E-state index in [2.05, 4.69) is 4.98 Å². The average Bonchev–Trinajstić information content (AvgIpc) is 3.11. The number of nitrogens with zero attached hydrogens (tertiary/aromatic N) is 3. The average molecular weight is 367 g/mol. The molecular formula is C21H22FN3O2. The van der Waals surface area contributed by atoms with Crippen molar-refractivity contribution in [3.8, 4) is 11.3 Å². The van der Waals surface area contributed by atoms with Crippen LogP contribution in [0.1, 0.15) is 29.6 Å². The number of carbonyl (C=O) groups excluding carboxylic acids is 2. The maximum Gasteiger partial charge on any atom is 0.255 e. The summed E-state index contributed by atoms with van der Waals surface area (Å²) in [6, 6.07) is 9.66. The third-order valence-corrected chi connectivity index (χ3v) is 5.72. The molecule has 2 aliphatic heterocycles. The second-order valence-electron chi connectivity index (χ2n) is 7.53. The Balaban J connectivity index is 1.50. The number of rotatable bonds is 2. The third-order valence-electron chi connectivity index (χ3n) is 5.72. The van der Waals surface area contributed by atoms with Crippen molar-refractivity contribution in [1.82, 2.24) is 14.8 Å². The largest absolute Gasteiger partial charge is 0.345 e. The molecule has 1 aromatic carbocycles. The predicted molar refractivity (Wildman–Crippen MR) is 99.5 cm³/mol. The number of benzene rings is 1. The van der Waals surface area contributed by atoms with Gasteiger partial charge in [0.05, 0.1) is 16.7 Å². The summed E-state index contributed by atoms with van der Waals surface area (Å²) < 4.78 is 13.4. The van der Waals surface area contributed by atoms with E-state index in [1.807, 2.05) is 7.05 Å². The van der Waals surface area contributed by atoms with E-state index in [0.29, 0.717) is 29.9 Å². The highest BCUT2D eigenvalue weighted by molar-refractivity contribution is 5.95. The van der Waals surface area contributed by atoms with Crippen LogP contribution in [0.25, 0.3) is 11.3 Å². The highest BCUT2D eigenvalue weighted by Gasteiger charge is 2.48. The van der Waals surface area contributed by atoms with Gasteiger partial charge in [0.25, 0.3) is 5.91 Å². The number of likely N-dealkylation sites (tertiary alicyclic amines) is 2. The van der Waals surface area contributed by atoms with Crippen LogP contribution in [-0.2, 0) is 4.79 Å². The molecule has 3 heterocycles. The fourth-order valence-corrected chi connectivity index (χ4v) is 4.21. The van der Waals surface area contributed by atoms with Gasteiger partial charge < -0.3 is 9.80 Å². The highest BCUT2D eigenvalue weighted by Crippen LogP contribution is 2.40. The Labute approximate surface area is 157 Å². The minimum Gasteiger partial charge on any atom is -0.345 e. The Morgan fingerprint density at radius 3 is 2.78 bits per heavy atom. The van der Waals surface area contributed by atoms with Gasteiger partial charge in [-0.1, -0.05) is 12.1 Å². The SMILES string of the molecule is CN1CCC[C@]2(CCN(C(=O)c3ccc(-c4cccc(F)c4)nc3)C2)C1=O. The van der Waals surface area contributed by atoms with E-state index in [1.165, 1.54) is 18.3 Å². The van der Waals surface area contributed by atoms with Crippen molar-refractivity contribution in [2.45, 2.75) is 19.3 Å². The van der Waals surface area contributed by atoms with Crippen LogP contribution in [0.4, 0.5) is 4.39 Å². The number of hydrogen-bond donors (Lipinski definition) is 0. The Bertz CT molecular complexity index is 883. The summed E-state index contributed by atoms with van der Waals surface area (Å²) in [5.74, 6) is -0.270. The van der Waals surface area contributed by atoms with Crippen LogP contribution in [0.3, 0.4) is 0 Å². The number of pyridine rings is 1. The van der Waals surface area contributed by atoms with Gasteiger partial charge in [0.2, 0.25) is 5.91 Å². The zero-order valence-electron chi connectivity index (χ0n) is 15.3. The second kappa shape index (κ2) is 6.76. The maximum atomic E-state index is 13.4. The number of aromatic nitrogens is 1. The molecule has 0 bridgehead atoms. The Morgan fingerprint density at radius 1 is 1.19 bits per heavy atom. The zero-order chi connectivity index (χ0) is 19.0. The van der Waals surface area contributed by atoms with Gasteiger partial charge >= 0.3 is 0 Å². The molecule has 5 nitrogen and oxygen atoms in total. The first kappa shape index (κ1) is 17.6. The van der Waals surface area contributed by atoms with Crippen LogP contribution >= 0.6 is 0 Å². The van der Waals surface area contributed by atoms with Gasteiger partial charge in [-0.3, -0.25) is 14.6 Å². The van der Waals surface area contributed by atoms with E-state index in [0.717, 1.165) is 25.8 Å². The molecule has 0 radical (unpaired) electrons. The second-order valence-corrected chi connectivity index (χ2v) is 7.53. The van der Waals surface area contributed by atoms with E-state index < -0.39 is 5.41 Å². The first-order chi connectivity index (χ1) is 13.0. The molecule has 1 aromatic heterocycles. The van der Waals surface area contributed by atoms with E-state index in [-0.39, 0.29) is 17.6 Å². The summed E-state index contributed by atoms with van der Waals surface area (Å²) in [4.78, 5) is 33.4. The lowest BCUT2D eigenvalue weighted by Gasteiger charge is -2.37. The maximum absolute atomic E-state index is 13.4. The van der Waals surface area contributed by atoms with Crippen LogP contribution in [0.5, 0.6) is 0 Å². The molecular weight excluding hydrogens is 345 g/mol. The molecule has 1 spiro atoms. The quantitative estimate of drug-likeness (QED) is 0.820. The van der Waals surface area contributed by atoms with Crippen molar-refractivity contribution in [1.29, 1.82) is 0 Å². The normalized spacial score (nSPS) is 22.5. The number of hydrogen-bond acceptors (Lipinski definition) is 3. The molecule has 27 heavy (non-hydrogen) atoms. The number of amides is 2. The van der Waals surface area contributed by atoms with Crippen LogP contribution in [0, 0.1) is 11.2 Å². The summed E-state index contributed by atoms with van der Waals surface area (Å²) in [7, 11) is 1.84. The van der Waals surface area contributed by atoms with E-state index in [4.69, 9.17) is 0 Å². The van der Waals surface area contributed by atoms with Gasteiger partial charge in [-0.15, -0.1) is 0 Å². The zero-order valence-corrected chi connectivity index (χ0v) is 15.3. The Hall–Kier alpha value is -2.76. The van der Waals surface area contributed by atoms with E-state index in [9.17, 15) is 14.0 Å².